The fourth-order valence-corrected chi connectivity index (χ4v) is 0.713. The van der Waals surface area contributed by atoms with Crippen molar-refractivity contribution in [1.82, 2.24) is 0 Å². The van der Waals surface area contributed by atoms with Crippen LogP contribution in [0.3, 0.4) is 0 Å². The molecule has 0 aliphatic rings. The smallest absolute Gasteiger partial charge is 0.225 e. The van der Waals surface area contributed by atoms with Crippen molar-refractivity contribution in [3.05, 3.63) is 22.7 Å². The number of rotatable bonds is 0. The number of hydrogen-bond donors (Lipinski definition) is 0. The predicted octanol–water partition coefficient (Wildman–Crippen LogP) is 2.25. The largest absolute Gasteiger partial charge is 0.275 e. The van der Waals surface area contributed by atoms with Crippen molar-refractivity contribution in [2.75, 3.05) is 0 Å². The second-order valence-electron chi connectivity index (χ2n) is 3.31. The van der Waals surface area contributed by atoms with E-state index in [-0.39, 0.29) is 11.3 Å². The van der Waals surface area contributed by atoms with Gasteiger partial charge in [-0.3, -0.25) is 0 Å². The summed E-state index contributed by atoms with van der Waals surface area (Å²) in [6, 6.07) is 3.60. The van der Waals surface area contributed by atoms with Gasteiger partial charge in [-0.25, -0.2) is 10.1 Å². The Morgan fingerprint density at radius 3 is 1.83 bits per heavy atom. The van der Waals surface area contributed by atoms with Gasteiger partial charge in [0.05, 0.1) is 24.3 Å². The van der Waals surface area contributed by atoms with E-state index in [2.05, 4.69) is 4.85 Å². The minimum absolute atomic E-state index is 0.106. The summed E-state index contributed by atoms with van der Waals surface area (Å²) in [7, 11) is 0. The van der Waals surface area contributed by atoms with Crippen LogP contribution < -0.4 is 0 Å². The molecule has 0 N–H and O–H groups in total. The van der Waals surface area contributed by atoms with Crippen LogP contribution in [0.5, 0.6) is 0 Å². The summed E-state index contributed by atoms with van der Waals surface area (Å²) in [4.78, 5) is 2.99. The third-order valence-corrected chi connectivity index (χ3v) is 1.32. The number of nitrogens with zero attached hydrogens (tertiary/aromatic N) is 3. The highest BCUT2D eigenvalue weighted by Gasteiger charge is 2.21. The molecule has 0 unspecified atom stereocenters. The van der Waals surface area contributed by atoms with E-state index in [1.54, 1.807) is 26.8 Å². The third kappa shape index (κ3) is 2.11. The van der Waals surface area contributed by atoms with Crippen LogP contribution in [-0.4, -0.2) is 0 Å². The van der Waals surface area contributed by atoms with Crippen molar-refractivity contribution >= 4 is 0 Å². The van der Waals surface area contributed by atoms with Crippen LogP contribution in [0.25, 0.3) is 4.85 Å². The molecule has 0 aromatic heterocycles. The van der Waals surface area contributed by atoms with E-state index in [0.29, 0.717) is 0 Å². The predicted molar refractivity (Wildman–Crippen MR) is 44.3 cm³/mol. The van der Waals surface area contributed by atoms with Crippen LogP contribution in [0.4, 0.5) is 0 Å². The fourth-order valence-electron chi connectivity index (χ4n) is 0.713. The molecule has 3 nitrogen and oxygen atoms in total. The zero-order valence-corrected chi connectivity index (χ0v) is 7.34. The monoisotopic (exact) mass is 159 g/mol. The van der Waals surface area contributed by atoms with Crippen LogP contribution in [0.2, 0.25) is 0 Å². The normalized spacial score (nSPS) is 12.0. The molecule has 0 aliphatic heterocycles. The van der Waals surface area contributed by atoms with E-state index in [1.165, 1.54) is 0 Å². The van der Waals surface area contributed by atoms with Crippen LogP contribution in [-0.2, 0) is 0 Å². The van der Waals surface area contributed by atoms with Crippen LogP contribution in [0.1, 0.15) is 20.8 Å². The Hall–Kier alpha value is -1.79. The topological polar surface area (TPSA) is 51.9 Å². The zero-order chi connectivity index (χ0) is 9.78. The first-order valence-electron chi connectivity index (χ1n) is 3.39. The minimum atomic E-state index is -0.426. The highest BCUT2D eigenvalue weighted by Crippen LogP contribution is 2.27. The molecule has 60 valence electrons. The molecular weight excluding hydrogens is 150 g/mol. The summed E-state index contributed by atoms with van der Waals surface area (Å²) in [5, 5.41) is 17.2. The molecule has 0 saturated carbocycles. The Kier molecular flexibility index (Phi) is 3.03. The third-order valence-electron chi connectivity index (χ3n) is 1.32. The molecule has 0 radical (unpaired) electrons. The molecule has 0 spiro atoms. The lowest BCUT2D eigenvalue weighted by molar-refractivity contribution is 0.518. The molecule has 0 heterocycles. The van der Waals surface area contributed by atoms with Crippen molar-refractivity contribution in [3.8, 4) is 12.1 Å². The first-order valence-corrected chi connectivity index (χ1v) is 3.39. The van der Waals surface area contributed by atoms with Gasteiger partial charge in [-0.1, -0.05) is 20.8 Å². The van der Waals surface area contributed by atoms with Crippen molar-refractivity contribution in [3.63, 3.8) is 0 Å². The van der Waals surface area contributed by atoms with Gasteiger partial charge in [-0.05, 0) is 5.41 Å². The van der Waals surface area contributed by atoms with Crippen LogP contribution in [0.15, 0.2) is 11.3 Å². The average Bonchev–Trinajstić information content (AvgIpc) is 1.97. The van der Waals surface area contributed by atoms with E-state index < -0.39 is 5.41 Å². The highest BCUT2D eigenvalue weighted by molar-refractivity contribution is 5.43. The summed E-state index contributed by atoms with van der Waals surface area (Å²) in [5.74, 6) is 0. The summed E-state index contributed by atoms with van der Waals surface area (Å²) in [5.41, 5.74) is -0.283. The zero-order valence-electron chi connectivity index (χ0n) is 7.34. The first kappa shape index (κ1) is 10.2. The summed E-state index contributed by atoms with van der Waals surface area (Å²) < 4.78 is 0. The number of allylic oxidation sites excluding steroid dienone is 2. The minimum Gasteiger partial charge on any atom is -0.225 e. The number of hydrogen-bond acceptors (Lipinski definition) is 2. The Morgan fingerprint density at radius 2 is 1.75 bits per heavy atom. The van der Waals surface area contributed by atoms with E-state index in [1.807, 2.05) is 6.07 Å². The van der Waals surface area contributed by atoms with Crippen molar-refractivity contribution < 1.29 is 0 Å². The quantitative estimate of drug-likeness (QED) is 0.402. The van der Waals surface area contributed by atoms with E-state index >= 15 is 0 Å². The maximum atomic E-state index is 8.69. The van der Waals surface area contributed by atoms with Gasteiger partial charge in [0.25, 0.3) is 5.70 Å². The Labute approximate surface area is 72.4 Å². The molecule has 0 rings (SSSR count). The summed E-state index contributed by atoms with van der Waals surface area (Å²) in [6.45, 7) is 12.1. The van der Waals surface area contributed by atoms with E-state index in [0.717, 1.165) is 0 Å². The maximum absolute atomic E-state index is 8.69. The summed E-state index contributed by atoms with van der Waals surface area (Å²) in [6.07, 6.45) is 0. The van der Waals surface area contributed by atoms with Gasteiger partial charge in [0.1, 0.15) is 0 Å². The Bertz CT molecular complexity index is 307. The molecule has 0 atom stereocenters. The molecule has 3 heteroatoms. The number of nitriles is 2. The second kappa shape index (κ2) is 3.56. The lowest BCUT2D eigenvalue weighted by Gasteiger charge is -2.16. The van der Waals surface area contributed by atoms with Gasteiger partial charge < -0.3 is 0 Å². The van der Waals surface area contributed by atoms with Crippen LogP contribution in [0, 0.1) is 34.6 Å². The summed E-state index contributed by atoms with van der Waals surface area (Å²) >= 11 is 0. The average molecular weight is 159 g/mol. The molecule has 0 amide bonds. The van der Waals surface area contributed by atoms with Gasteiger partial charge in [0.2, 0.25) is 0 Å². The van der Waals surface area contributed by atoms with Crippen LogP contribution >= 0.6 is 0 Å². The Balaban J connectivity index is 5.39. The SMILES string of the molecule is [C-]#[N+]/C(C#N)=C(/C#N)C(C)(C)C. The van der Waals surface area contributed by atoms with E-state index in [4.69, 9.17) is 17.1 Å². The maximum Gasteiger partial charge on any atom is 0.275 e. The second-order valence-corrected chi connectivity index (χ2v) is 3.31. The molecule has 0 aromatic rings. The van der Waals surface area contributed by atoms with Gasteiger partial charge >= 0.3 is 0 Å². The highest BCUT2D eigenvalue weighted by atomic mass is 14.7. The molecule has 12 heavy (non-hydrogen) atoms. The standard InChI is InChI=1S/C9H9N3/c1-9(2,3)7(5-10)8(6-11)12-4/h1-3H3/b8-7-. The lowest BCUT2D eigenvalue weighted by atomic mass is 9.86. The molecule has 0 fully saturated rings. The van der Waals surface area contributed by atoms with Crippen molar-refractivity contribution in [2.45, 2.75) is 20.8 Å². The first-order chi connectivity index (χ1) is 5.47. The van der Waals surface area contributed by atoms with Gasteiger partial charge in [0.15, 0.2) is 0 Å². The molecule has 0 saturated heterocycles. The van der Waals surface area contributed by atoms with Gasteiger partial charge in [-0.15, -0.1) is 0 Å². The Morgan fingerprint density at radius 1 is 1.25 bits per heavy atom. The lowest BCUT2D eigenvalue weighted by Crippen LogP contribution is -2.09. The molecule has 0 aliphatic carbocycles. The fraction of sp³-hybridized carbons (Fsp3) is 0.444. The molecule has 0 bridgehead atoms. The molecular formula is C9H9N3. The van der Waals surface area contributed by atoms with Crippen molar-refractivity contribution in [1.29, 1.82) is 10.5 Å². The van der Waals surface area contributed by atoms with E-state index in [9.17, 15) is 0 Å². The molecule has 0 aromatic carbocycles. The van der Waals surface area contributed by atoms with Gasteiger partial charge in [0, 0.05) is 0 Å². The van der Waals surface area contributed by atoms with Crippen molar-refractivity contribution in [2.24, 2.45) is 5.41 Å². The van der Waals surface area contributed by atoms with Gasteiger partial charge in [-0.2, -0.15) is 5.26 Å².